The maximum Gasteiger partial charge on any atom is 0.278 e. The molecule has 0 atom stereocenters. The van der Waals surface area contributed by atoms with Gasteiger partial charge in [0.1, 0.15) is 5.70 Å². The van der Waals surface area contributed by atoms with Crippen LogP contribution in [0.2, 0.25) is 0 Å². The fourth-order valence-corrected chi connectivity index (χ4v) is 4.24. The number of pyridine rings is 1. The zero-order valence-corrected chi connectivity index (χ0v) is 17.3. The van der Waals surface area contributed by atoms with E-state index >= 15 is 0 Å². The summed E-state index contributed by atoms with van der Waals surface area (Å²) in [5, 5.41) is 0. The summed E-state index contributed by atoms with van der Waals surface area (Å²) in [4.78, 5) is 34.5. The summed E-state index contributed by atoms with van der Waals surface area (Å²) in [6.45, 7) is 8.18. The Morgan fingerprint density at radius 3 is 2.34 bits per heavy atom. The molecule has 0 spiro atoms. The second-order valence-electron chi connectivity index (χ2n) is 8.26. The van der Waals surface area contributed by atoms with E-state index in [1.54, 1.807) is 12.4 Å². The van der Waals surface area contributed by atoms with Gasteiger partial charge in [-0.3, -0.25) is 19.5 Å². The van der Waals surface area contributed by atoms with Crippen molar-refractivity contribution in [1.82, 2.24) is 14.8 Å². The van der Waals surface area contributed by atoms with Crippen LogP contribution in [0, 0.1) is 19.8 Å². The lowest BCUT2D eigenvalue weighted by atomic mass is 9.95. The van der Waals surface area contributed by atoms with E-state index in [9.17, 15) is 9.59 Å². The summed E-state index contributed by atoms with van der Waals surface area (Å²) in [6, 6.07) is 9.75. The monoisotopic (exact) mass is 389 g/mol. The lowest BCUT2D eigenvalue weighted by molar-refractivity contribution is -0.138. The number of carbonyl (C=O) groups excluding carboxylic acids is 2. The van der Waals surface area contributed by atoms with Crippen LogP contribution in [0.4, 0.5) is 0 Å². The zero-order chi connectivity index (χ0) is 20.5. The van der Waals surface area contributed by atoms with Gasteiger partial charge in [-0.2, -0.15) is 0 Å². The predicted molar refractivity (Wildman–Crippen MR) is 113 cm³/mol. The second-order valence-corrected chi connectivity index (χ2v) is 8.26. The van der Waals surface area contributed by atoms with Crippen LogP contribution in [-0.2, 0) is 16.1 Å². The Morgan fingerprint density at radius 1 is 1.00 bits per heavy atom. The van der Waals surface area contributed by atoms with Crippen LogP contribution in [0.25, 0.3) is 5.57 Å². The number of nitrogens with zero attached hydrogens (tertiary/aromatic N) is 3. The third-order valence-corrected chi connectivity index (χ3v) is 5.98. The van der Waals surface area contributed by atoms with E-state index in [0.29, 0.717) is 17.2 Å². The maximum absolute atomic E-state index is 13.5. The summed E-state index contributed by atoms with van der Waals surface area (Å²) in [7, 11) is 0. The SMILES string of the molecule is Cc1ccc(C2=C(N3CCC(C)CC3)C(=O)N(Cc3ccncc3)C2=O)c(C)c1. The molecule has 150 valence electrons. The van der Waals surface area contributed by atoms with Crippen LogP contribution in [0.1, 0.15) is 42.0 Å². The van der Waals surface area contributed by atoms with Gasteiger partial charge in [-0.05, 0) is 61.4 Å². The van der Waals surface area contributed by atoms with Gasteiger partial charge in [-0.1, -0.05) is 30.7 Å². The van der Waals surface area contributed by atoms with Crippen molar-refractivity contribution in [2.45, 2.75) is 40.2 Å². The van der Waals surface area contributed by atoms with E-state index < -0.39 is 0 Å². The third kappa shape index (κ3) is 3.69. The first-order valence-electron chi connectivity index (χ1n) is 10.3. The smallest absolute Gasteiger partial charge is 0.278 e. The number of carbonyl (C=O) groups is 2. The summed E-state index contributed by atoms with van der Waals surface area (Å²) < 4.78 is 0. The Balaban J connectivity index is 1.76. The first-order valence-corrected chi connectivity index (χ1v) is 10.3. The van der Waals surface area contributed by atoms with Crippen molar-refractivity contribution in [3.63, 3.8) is 0 Å². The van der Waals surface area contributed by atoms with Crippen molar-refractivity contribution in [3.8, 4) is 0 Å². The topological polar surface area (TPSA) is 53.5 Å². The Labute approximate surface area is 172 Å². The number of piperidine rings is 1. The number of aryl methyl sites for hydroxylation is 2. The van der Waals surface area contributed by atoms with Crippen molar-refractivity contribution >= 4 is 17.4 Å². The molecular formula is C24H27N3O2. The van der Waals surface area contributed by atoms with Crippen molar-refractivity contribution in [2.75, 3.05) is 13.1 Å². The number of imide groups is 1. The highest BCUT2D eigenvalue weighted by atomic mass is 16.2. The molecule has 2 aliphatic heterocycles. The van der Waals surface area contributed by atoms with Gasteiger partial charge in [0.05, 0.1) is 12.1 Å². The molecule has 0 bridgehead atoms. The molecule has 0 unspecified atom stereocenters. The fraction of sp³-hybridized carbons (Fsp3) is 0.375. The molecule has 1 saturated heterocycles. The minimum Gasteiger partial charge on any atom is -0.366 e. The number of likely N-dealkylation sites (tertiary alicyclic amines) is 1. The lowest BCUT2D eigenvalue weighted by Crippen LogP contribution is -2.38. The summed E-state index contributed by atoms with van der Waals surface area (Å²) in [5.41, 5.74) is 5.05. The number of aromatic nitrogens is 1. The van der Waals surface area contributed by atoms with Gasteiger partial charge in [-0.25, -0.2) is 0 Å². The van der Waals surface area contributed by atoms with Crippen LogP contribution in [0.3, 0.4) is 0 Å². The van der Waals surface area contributed by atoms with Gasteiger partial charge in [0.15, 0.2) is 0 Å². The molecule has 1 aromatic carbocycles. The van der Waals surface area contributed by atoms with Crippen molar-refractivity contribution in [1.29, 1.82) is 0 Å². The molecule has 4 rings (SSSR count). The van der Waals surface area contributed by atoms with E-state index in [0.717, 1.165) is 48.2 Å². The summed E-state index contributed by atoms with van der Waals surface area (Å²) in [5.74, 6) is 0.264. The van der Waals surface area contributed by atoms with Crippen LogP contribution in [0.15, 0.2) is 48.4 Å². The molecule has 5 heteroatoms. The third-order valence-electron chi connectivity index (χ3n) is 5.98. The summed E-state index contributed by atoms with van der Waals surface area (Å²) in [6.07, 6.45) is 5.45. The molecule has 0 N–H and O–H groups in total. The zero-order valence-electron chi connectivity index (χ0n) is 17.3. The molecule has 2 aromatic rings. The second kappa shape index (κ2) is 7.82. The lowest BCUT2D eigenvalue weighted by Gasteiger charge is -2.32. The molecular weight excluding hydrogens is 362 g/mol. The van der Waals surface area contributed by atoms with Gasteiger partial charge in [0, 0.05) is 25.5 Å². The molecule has 1 fully saturated rings. The number of benzene rings is 1. The Hall–Kier alpha value is -2.95. The first-order chi connectivity index (χ1) is 14.0. The van der Waals surface area contributed by atoms with Crippen molar-refractivity contribution in [2.24, 2.45) is 5.92 Å². The van der Waals surface area contributed by atoms with E-state index in [4.69, 9.17) is 0 Å². The van der Waals surface area contributed by atoms with Crippen molar-refractivity contribution in [3.05, 3.63) is 70.7 Å². The highest BCUT2D eigenvalue weighted by Gasteiger charge is 2.42. The van der Waals surface area contributed by atoms with Crippen molar-refractivity contribution < 1.29 is 9.59 Å². The van der Waals surface area contributed by atoms with Crippen LogP contribution in [-0.4, -0.2) is 39.7 Å². The van der Waals surface area contributed by atoms with Crippen LogP contribution >= 0.6 is 0 Å². The molecule has 0 saturated carbocycles. The molecule has 0 aliphatic carbocycles. The average Bonchev–Trinajstić information content (AvgIpc) is 2.94. The maximum atomic E-state index is 13.5. The molecule has 1 aromatic heterocycles. The number of hydrogen-bond donors (Lipinski definition) is 0. The molecule has 29 heavy (non-hydrogen) atoms. The molecule has 2 amide bonds. The quantitative estimate of drug-likeness (QED) is 0.748. The number of rotatable bonds is 4. The minimum atomic E-state index is -0.201. The highest BCUT2D eigenvalue weighted by Crippen LogP contribution is 2.36. The van der Waals surface area contributed by atoms with E-state index in [2.05, 4.69) is 22.9 Å². The Morgan fingerprint density at radius 2 is 1.69 bits per heavy atom. The van der Waals surface area contributed by atoms with Gasteiger partial charge < -0.3 is 4.90 Å². The molecule has 5 nitrogen and oxygen atoms in total. The Kier molecular flexibility index (Phi) is 5.22. The van der Waals surface area contributed by atoms with Gasteiger partial charge in [-0.15, -0.1) is 0 Å². The molecule has 0 radical (unpaired) electrons. The average molecular weight is 389 g/mol. The highest BCUT2D eigenvalue weighted by molar-refractivity contribution is 6.35. The summed E-state index contributed by atoms with van der Waals surface area (Å²) >= 11 is 0. The Bertz CT molecular complexity index is 973. The van der Waals surface area contributed by atoms with Gasteiger partial charge in [0.25, 0.3) is 11.8 Å². The predicted octanol–water partition coefficient (Wildman–Crippen LogP) is 3.71. The largest absolute Gasteiger partial charge is 0.366 e. The van der Waals surface area contributed by atoms with Gasteiger partial charge >= 0.3 is 0 Å². The van der Waals surface area contributed by atoms with E-state index in [-0.39, 0.29) is 18.4 Å². The van der Waals surface area contributed by atoms with Crippen LogP contribution < -0.4 is 0 Å². The number of hydrogen-bond acceptors (Lipinski definition) is 4. The normalized spacial score (nSPS) is 18.2. The first kappa shape index (κ1) is 19.4. The van der Waals surface area contributed by atoms with Crippen LogP contribution in [0.5, 0.6) is 0 Å². The standard InChI is InChI=1S/C24H27N3O2/c1-16-8-12-26(13-9-16)22-21(20-5-4-17(2)14-18(20)3)23(28)27(24(22)29)15-19-6-10-25-11-7-19/h4-7,10-11,14,16H,8-9,12-13,15H2,1-3H3. The van der Waals surface area contributed by atoms with E-state index in [1.165, 1.54) is 4.90 Å². The molecule has 3 heterocycles. The number of amides is 2. The molecule has 2 aliphatic rings. The fourth-order valence-electron chi connectivity index (χ4n) is 4.24. The van der Waals surface area contributed by atoms with Gasteiger partial charge in [0.2, 0.25) is 0 Å². The minimum absolute atomic E-state index is 0.184. The van der Waals surface area contributed by atoms with E-state index in [1.807, 2.05) is 38.1 Å².